The third kappa shape index (κ3) is 2.49. The van der Waals surface area contributed by atoms with Gasteiger partial charge in [-0.25, -0.2) is 4.98 Å². The van der Waals surface area contributed by atoms with Crippen molar-refractivity contribution in [3.63, 3.8) is 0 Å². The topological polar surface area (TPSA) is 40.7 Å². The average Bonchev–Trinajstić information content (AvgIpc) is 2.92. The van der Waals surface area contributed by atoms with Crippen molar-refractivity contribution in [2.24, 2.45) is 0 Å². The number of hydrogen-bond donors (Lipinski definition) is 2. The van der Waals surface area contributed by atoms with Gasteiger partial charge >= 0.3 is 0 Å². The molecule has 0 amide bonds. The zero-order valence-corrected chi connectivity index (χ0v) is 12.1. The lowest BCUT2D eigenvalue weighted by atomic mass is 10.1. The maximum Gasteiger partial charge on any atom is 0.183 e. The lowest BCUT2D eigenvalue weighted by Gasteiger charge is -2.19. The summed E-state index contributed by atoms with van der Waals surface area (Å²) in [6.07, 6.45) is 2.03. The van der Waals surface area contributed by atoms with Gasteiger partial charge in [0.25, 0.3) is 0 Å². The number of anilines is 1. The number of thiazole rings is 1. The summed E-state index contributed by atoms with van der Waals surface area (Å²) >= 11 is 1.65. The van der Waals surface area contributed by atoms with Crippen molar-refractivity contribution in [2.75, 3.05) is 5.32 Å². The molecule has 2 heterocycles. The van der Waals surface area contributed by atoms with Gasteiger partial charge in [-0.15, -0.1) is 11.3 Å². The Morgan fingerprint density at radius 2 is 2.00 bits per heavy atom. The van der Waals surface area contributed by atoms with Crippen molar-refractivity contribution in [2.45, 2.75) is 26.3 Å². The Kier molecular flexibility index (Phi) is 2.82. The van der Waals surface area contributed by atoms with Gasteiger partial charge in [-0.1, -0.05) is 18.2 Å². The Labute approximate surface area is 116 Å². The molecule has 3 nitrogen and oxygen atoms in total. The predicted molar refractivity (Wildman–Crippen MR) is 82.8 cm³/mol. The first-order chi connectivity index (χ1) is 9.03. The van der Waals surface area contributed by atoms with Gasteiger partial charge in [-0.05, 0) is 26.8 Å². The van der Waals surface area contributed by atoms with Crippen molar-refractivity contribution < 1.29 is 0 Å². The number of rotatable bonds is 2. The highest BCUT2D eigenvalue weighted by Gasteiger charge is 2.14. The maximum atomic E-state index is 4.68. The number of benzene rings is 1. The smallest absolute Gasteiger partial charge is 0.183 e. The van der Waals surface area contributed by atoms with Gasteiger partial charge in [0.05, 0.1) is 5.69 Å². The monoisotopic (exact) mass is 271 g/mol. The Morgan fingerprint density at radius 3 is 2.79 bits per heavy atom. The molecule has 0 aliphatic heterocycles. The van der Waals surface area contributed by atoms with E-state index in [1.54, 1.807) is 11.3 Å². The number of hydrogen-bond acceptors (Lipinski definition) is 3. The molecule has 0 saturated heterocycles. The number of nitrogens with zero attached hydrogens (tertiary/aromatic N) is 1. The second kappa shape index (κ2) is 4.38. The third-order valence-corrected chi connectivity index (χ3v) is 3.61. The number of aromatic nitrogens is 2. The van der Waals surface area contributed by atoms with E-state index in [9.17, 15) is 0 Å². The molecule has 3 rings (SSSR count). The van der Waals surface area contributed by atoms with Gasteiger partial charge in [-0.2, -0.15) is 0 Å². The van der Waals surface area contributed by atoms with Crippen molar-refractivity contribution in [1.29, 1.82) is 0 Å². The summed E-state index contributed by atoms with van der Waals surface area (Å²) in [5, 5.41) is 7.69. The minimum Gasteiger partial charge on any atom is -0.360 e. The number of para-hydroxylation sites is 1. The molecule has 0 fully saturated rings. The van der Waals surface area contributed by atoms with E-state index in [0.29, 0.717) is 0 Å². The van der Waals surface area contributed by atoms with E-state index in [1.165, 1.54) is 5.39 Å². The minimum atomic E-state index is 0.0370. The zero-order chi connectivity index (χ0) is 13.5. The van der Waals surface area contributed by atoms with Crippen LogP contribution < -0.4 is 5.32 Å². The molecule has 0 aliphatic rings. The molecule has 3 aromatic rings. The summed E-state index contributed by atoms with van der Waals surface area (Å²) in [6, 6.07) is 8.30. The van der Waals surface area contributed by atoms with Gasteiger partial charge < -0.3 is 10.3 Å². The summed E-state index contributed by atoms with van der Waals surface area (Å²) in [5.41, 5.74) is 3.37. The quantitative estimate of drug-likeness (QED) is 0.720. The van der Waals surface area contributed by atoms with E-state index in [2.05, 4.69) is 59.6 Å². The second-order valence-corrected chi connectivity index (χ2v) is 6.52. The average molecular weight is 271 g/mol. The molecule has 0 spiro atoms. The molecule has 2 aromatic heterocycles. The number of nitrogens with one attached hydrogen (secondary N) is 2. The summed E-state index contributed by atoms with van der Waals surface area (Å²) in [6.45, 7) is 6.42. The lowest BCUT2D eigenvalue weighted by molar-refractivity contribution is 0.633. The van der Waals surface area contributed by atoms with Crippen LogP contribution >= 0.6 is 11.3 Å². The molecule has 0 atom stereocenters. The van der Waals surface area contributed by atoms with Crippen LogP contribution in [-0.2, 0) is 0 Å². The Balaban J connectivity index is 1.99. The van der Waals surface area contributed by atoms with Crippen LogP contribution in [0.1, 0.15) is 20.8 Å². The molecule has 19 heavy (non-hydrogen) atoms. The Bertz CT molecular complexity index is 703. The lowest BCUT2D eigenvalue weighted by Crippen LogP contribution is -2.25. The van der Waals surface area contributed by atoms with Crippen LogP contribution in [0.5, 0.6) is 0 Å². The Hall–Kier alpha value is -1.81. The highest BCUT2D eigenvalue weighted by atomic mass is 32.1. The fourth-order valence-electron chi connectivity index (χ4n) is 2.06. The van der Waals surface area contributed by atoms with Crippen molar-refractivity contribution in [3.8, 4) is 11.3 Å². The van der Waals surface area contributed by atoms with Gasteiger partial charge in [0, 0.05) is 33.6 Å². The zero-order valence-electron chi connectivity index (χ0n) is 11.3. The number of H-pyrrole nitrogens is 1. The summed E-state index contributed by atoms with van der Waals surface area (Å²) in [7, 11) is 0. The first-order valence-electron chi connectivity index (χ1n) is 6.33. The first kappa shape index (κ1) is 12.2. The molecule has 0 unspecified atom stereocenters. The number of fused-ring (bicyclic) bond motifs is 1. The van der Waals surface area contributed by atoms with Crippen LogP contribution in [0.2, 0.25) is 0 Å². The molecule has 2 N–H and O–H groups in total. The molecule has 98 valence electrons. The fourth-order valence-corrected chi connectivity index (χ4v) is 2.98. The molecule has 1 aromatic carbocycles. The van der Waals surface area contributed by atoms with Gasteiger partial charge in [0.1, 0.15) is 0 Å². The highest BCUT2D eigenvalue weighted by molar-refractivity contribution is 7.14. The van der Waals surface area contributed by atoms with Crippen LogP contribution in [0.3, 0.4) is 0 Å². The maximum absolute atomic E-state index is 4.68. The van der Waals surface area contributed by atoms with E-state index in [-0.39, 0.29) is 5.54 Å². The van der Waals surface area contributed by atoms with Crippen LogP contribution in [0.4, 0.5) is 5.13 Å². The summed E-state index contributed by atoms with van der Waals surface area (Å²) in [5.74, 6) is 0. The van der Waals surface area contributed by atoms with Gasteiger partial charge in [0.2, 0.25) is 0 Å². The van der Waals surface area contributed by atoms with Crippen LogP contribution in [0.25, 0.3) is 22.2 Å². The molecular weight excluding hydrogens is 254 g/mol. The summed E-state index contributed by atoms with van der Waals surface area (Å²) < 4.78 is 0. The van der Waals surface area contributed by atoms with Crippen LogP contribution in [0.15, 0.2) is 35.8 Å². The normalized spacial score (nSPS) is 11.9. The summed E-state index contributed by atoms with van der Waals surface area (Å²) in [4.78, 5) is 7.96. The second-order valence-electron chi connectivity index (χ2n) is 5.66. The van der Waals surface area contributed by atoms with Crippen molar-refractivity contribution in [3.05, 3.63) is 35.8 Å². The SMILES string of the molecule is CC(C)(C)Nc1nc(-c2c[nH]c3ccccc23)cs1. The fraction of sp³-hybridized carbons (Fsp3) is 0.267. The molecule has 0 saturated carbocycles. The molecule has 0 radical (unpaired) electrons. The van der Waals surface area contributed by atoms with Crippen molar-refractivity contribution in [1.82, 2.24) is 9.97 Å². The molecule has 0 aliphatic carbocycles. The third-order valence-electron chi connectivity index (χ3n) is 2.85. The van der Waals surface area contributed by atoms with E-state index < -0.39 is 0 Å². The standard InChI is InChI=1S/C15H17N3S/c1-15(2,3)18-14-17-13(9-19-14)11-8-16-12-7-5-4-6-10(11)12/h4-9,16H,1-3H3,(H,17,18). The van der Waals surface area contributed by atoms with Crippen molar-refractivity contribution >= 4 is 27.4 Å². The largest absolute Gasteiger partial charge is 0.360 e. The molecular formula is C15H17N3S. The van der Waals surface area contributed by atoms with Gasteiger partial charge in [-0.3, -0.25) is 0 Å². The molecule has 4 heteroatoms. The van der Waals surface area contributed by atoms with Crippen LogP contribution in [-0.4, -0.2) is 15.5 Å². The van der Waals surface area contributed by atoms with E-state index in [1.807, 2.05) is 12.3 Å². The number of aromatic amines is 1. The highest BCUT2D eigenvalue weighted by Crippen LogP contribution is 2.31. The van der Waals surface area contributed by atoms with Crippen LogP contribution in [0, 0.1) is 0 Å². The minimum absolute atomic E-state index is 0.0370. The first-order valence-corrected chi connectivity index (χ1v) is 7.21. The van der Waals surface area contributed by atoms with E-state index >= 15 is 0 Å². The van der Waals surface area contributed by atoms with Gasteiger partial charge in [0.15, 0.2) is 5.13 Å². The van der Waals surface area contributed by atoms with E-state index in [4.69, 9.17) is 0 Å². The molecule has 0 bridgehead atoms. The Morgan fingerprint density at radius 1 is 1.21 bits per heavy atom. The predicted octanol–water partition coefficient (Wildman–Crippen LogP) is 4.50. The van der Waals surface area contributed by atoms with E-state index in [0.717, 1.165) is 21.9 Å².